The molecule has 29 heavy (non-hydrogen) atoms. The highest BCUT2D eigenvalue weighted by atomic mass is 32.2. The van der Waals surface area contributed by atoms with Crippen LogP contribution in [0, 0.1) is 5.92 Å². The van der Waals surface area contributed by atoms with Crippen LogP contribution in [0.4, 0.5) is 0 Å². The van der Waals surface area contributed by atoms with E-state index in [0.29, 0.717) is 11.5 Å². The fourth-order valence-corrected chi connectivity index (χ4v) is 4.63. The van der Waals surface area contributed by atoms with Crippen molar-refractivity contribution in [2.75, 3.05) is 19.7 Å². The van der Waals surface area contributed by atoms with Gasteiger partial charge in [0.2, 0.25) is 10.0 Å². The molecule has 0 amide bonds. The van der Waals surface area contributed by atoms with E-state index < -0.39 is 10.0 Å². The molecule has 0 bridgehead atoms. The average molecular weight is 418 g/mol. The Kier molecular flexibility index (Phi) is 6.53. The summed E-state index contributed by atoms with van der Waals surface area (Å²) in [4.78, 5) is 2.26. The zero-order chi connectivity index (χ0) is 21.0. The maximum absolute atomic E-state index is 12.0. The fourth-order valence-electron chi connectivity index (χ4n) is 3.86. The fraction of sp³-hybridized carbons (Fsp3) is 0.350. The van der Waals surface area contributed by atoms with Crippen LogP contribution in [-0.2, 0) is 16.6 Å². The van der Waals surface area contributed by atoms with E-state index in [1.54, 1.807) is 12.1 Å². The maximum atomic E-state index is 12.0. The lowest BCUT2D eigenvalue weighted by Gasteiger charge is -2.17. The molecule has 0 radical (unpaired) electrons. The Bertz CT molecular complexity index is 990. The van der Waals surface area contributed by atoms with Gasteiger partial charge in [-0.1, -0.05) is 36.4 Å². The molecule has 0 spiro atoms. The molecule has 1 unspecified atom stereocenters. The topological polar surface area (TPSA) is 148 Å². The molecule has 0 aliphatic carbocycles. The van der Waals surface area contributed by atoms with Crippen molar-refractivity contribution in [2.24, 2.45) is 27.7 Å². The van der Waals surface area contributed by atoms with Gasteiger partial charge in [0.25, 0.3) is 0 Å². The molecule has 1 aliphatic rings. The molecule has 9 heteroatoms. The molecule has 3 rings (SSSR count). The first-order chi connectivity index (χ1) is 13.8. The van der Waals surface area contributed by atoms with Crippen LogP contribution in [0.3, 0.4) is 0 Å². The number of aliphatic hydroxyl groups is 1. The Morgan fingerprint density at radius 2 is 1.93 bits per heavy atom. The van der Waals surface area contributed by atoms with E-state index >= 15 is 0 Å². The number of rotatable bonds is 7. The second-order valence-corrected chi connectivity index (χ2v) is 8.87. The quantitative estimate of drug-likeness (QED) is 0.226. The molecule has 1 aliphatic heterocycles. The number of sulfonamides is 1. The van der Waals surface area contributed by atoms with Crippen LogP contribution >= 0.6 is 0 Å². The number of aliphatic hydroxyl groups excluding tert-OH is 1. The lowest BCUT2D eigenvalue weighted by atomic mass is 9.98. The largest absolute Gasteiger partial charge is 0.396 e. The molecule has 1 fully saturated rings. The summed E-state index contributed by atoms with van der Waals surface area (Å²) in [5, 5.41) is 17.9. The minimum Gasteiger partial charge on any atom is -0.396 e. The summed E-state index contributed by atoms with van der Waals surface area (Å²) in [6.45, 7) is 3.09. The SMILES string of the molecule is N/N=C(\N)c1c(-c2ccc(CN3CCC(CCO)C3)cc2)cccc1S(N)(=O)=O. The molecule has 7 N–H and O–H groups in total. The minimum absolute atomic E-state index is 0.0966. The number of primary sulfonamides is 1. The molecule has 1 heterocycles. The van der Waals surface area contributed by atoms with Crippen LogP contribution in [0.1, 0.15) is 24.0 Å². The van der Waals surface area contributed by atoms with E-state index in [2.05, 4.69) is 10.0 Å². The van der Waals surface area contributed by atoms with E-state index in [0.717, 1.165) is 43.6 Å². The van der Waals surface area contributed by atoms with Crippen molar-refractivity contribution < 1.29 is 13.5 Å². The van der Waals surface area contributed by atoms with Crippen molar-refractivity contribution >= 4 is 15.9 Å². The molecule has 0 saturated carbocycles. The maximum Gasteiger partial charge on any atom is 0.238 e. The average Bonchev–Trinajstić information content (AvgIpc) is 3.14. The smallest absolute Gasteiger partial charge is 0.238 e. The third-order valence-electron chi connectivity index (χ3n) is 5.31. The number of likely N-dealkylation sites (tertiary alicyclic amines) is 1. The highest BCUT2D eigenvalue weighted by Gasteiger charge is 2.23. The van der Waals surface area contributed by atoms with Crippen molar-refractivity contribution in [2.45, 2.75) is 24.3 Å². The number of hydrogen-bond donors (Lipinski definition) is 4. The highest BCUT2D eigenvalue weighted by Crippen LogP contribution is 2.29. The van der Waals surface area contributed by atoms with Crippen molar-refractivity contribution in [3.05, 3.63) is 53.6 Å². The summed E-state index contributed by atoms with van der Waals surface area (Å²) in [6.07, 6.45) is 1.96. The number of nitrogens with zero attached hydrogens (tertiary/aromatic N) is 2. The second-order valence-electron chi connectivity index (χ2n) is 7.34. The number of nitrogens with two attached hydrogens (primary N) is 3. The van der Waals surface area contributed by atoms with Gasteiger partial charge in [0.15, 0.2) is 5.84 Å². The predicted molar refractivity (Wildman–Crippen MR) is 113 cm³/mol. The van der Waals surface area contributed by atoms with Crippen molar-refractivity contribution in [3.63, 3.8) is 0 Å². The van der Waals surface area contributed by atoms with Crippen LogP contribution in [0.5, 0.6) is 0 Å². The first kappa shape index (κ1) is 21.3. The molecule has 1 atom stereocenters. The number of amidine groups is 1. The Labute approximate surface area is 171 Å². The van der Waals surface area contributed by atoms with Gasteiger partial charge >= 0.3 is 0 Å². The van der Waals surface area contributed by atoms with Gasteiger partial charge in [-0.15, -0.1) is 0 Å². The Hall–Kier alpha value is -2.46. The molecule has 1 saturated heterocycles. The summed E-state index contributed by atoms with van der Waals surface area (Å²) in [6, 6.07) is 12.6. The predicted octanol–water partition coefficient (Wildman–Crippen LogP) is 0.784. The number of hydrogen-bond acceptors (Lipinski definition) is 6. The molecule has 2 aromatic carbocycles. The van der Waals surface area contributed by atoms with Crippen LogP contribution in [0.15, 0.2) is 52.5 Å². The lowest BCUT2D eigenvalue weighted by molar-refractivity contribution is 0.249. The van der Waals surface area contributed by atoms with Crippen molar-refractivity contribution in [3.8, 4) is 11.1 Å². The monoisotopic (exact) mass is 417 g/mol. The third kappa shape index (κ3) is 4.94. The standard InChI is InChI=1S/C20H27N5O3S/c21-20(24-22)19-17(2-1-3-18(19)29(23,27)28)16-6-4-14(5-7-16)12-25-10-8-15(13-25)9-11-26/h1-7,15,26H,8-13,22H2,(H2,21,24)(H2,23,27,28). The molecular formula is C20H27N5O3S. The van der Waals surface area contributed by atoms with E-state index in [1.165, 1.54) is 6.07 Å². The second kappa shape index (κ2) is 8.91. The first-order valence-corrected chi connectivity index (χ1v) is 11.0. The summed E-state index contributed by atoms with van der Waals surface area (Å²) >= 11 is 0. The molecule has 8 nitrogen and oxygen atoms in total. The van der Waals surface area contributed by atoms with Crippen LogP contribution < -0.4 is 16.7 Å². The zero-order valence-electron chi connectivity index (χ0n) is 16.2. The minimum atomic E-state index is -3.99. The number of benzene rings is 2. The summed E-state index contributed by atoms with van der Waals surface area (Å²) < 4.78 is 24.0. The normalized spacial score (nSPS) is 18.3. The van der Waals surface area contributed by atoms with Gasteiger partial charge in [0, 0.05) is 25.3 Å². The zero-order valence-corrected chi connectivity index (χ0v) is 17.0. The summed E-state index contributed by atoms with van der Waals surface area (Å²) in [5.41, 5.74) is 8.64. The third-order valence-corrected chi connectivity index (χ3v) is 6.26. The highest BCUT2D eigenvalue weighted by molar-refractivity contribution is 7.89. The van der Waals surface area contributed by atoms with Gasteiger partial charge in [0.05, 0.1) is 4.90 Å². The Morgan fingerprint density at radius 1 is 1.21 bits per heavy atom. The van der Waals surface area contributed by atoms with Gasteiger partial charge < -0.3 is 16.7 Å². The lowest BCUT2D eigenvalue weighted by Crippen LogP contribution is -2.23. The van der Waals surface area contributed by atoms with Crippen LogP contribution in [0.25, 0.3) is 11.1 Å². The molecule has 0 aromatic heterocycles. The summed E-state index contributed by atoms with van der Waals surface area (Å²) in [5.74, 6) is 5.78. The molecule has 2 aromatic rings. The van der Waals surface area contributed by atoms with E-state index in [9.17, 15) is 8.42 Å². The Balaban J connectivity index is 1.87. The summed E-state index contributed by atoms with van der Waals surface area (Å²) in [7, 11) is -3.99. The van der Waals surface area contributed by atoms with Gasteiger partial charge in [0.1, 0.15) is 0 Å². The van der Waals surface area contributed by atoms with Gasteiger partial charge in [-0.3, -0.25) is 4.90 Å². The van der Waals surface area contributed by atoms with Gasteiger partial charge in [-0.05, 0) is 48.1 Å². The van der Waals surface area contributed by atoms with E-state index in [1.807, 2.05) is 24.3 Å². The van der Waals surface area contributed by atoms with E-state index in [-0.39, 0.29) is 22.9 Å². The van der Waals surface area contributed by atoms with Crippen molar-refractivity contribution in [1.82, 2.24) is 4.90 Å². The first-order valence-electron chi connectivity index (χ1n) is 9.45. The van der Waals surface area contributed by atoms with Crippen molar-refractivity contribution in [1.29, 1.82) is 0 Å². The van der Waals surface area contributed by atoms with Gasteiger partial charge in [-0.25, -0.2) is 13.6 Å². The van der Waals surface area contributed by atoms with Gasteiger partial charge in [-0.2, -0.15) is 5.10 Å². The Morgan fingerprint density at radius 3 is 2.55 bits per heavy atom. The molecule has 156 valence electrons. The molecular weight excluding hydrogens is 390 g/mol. The van der Waals surface area contributed by atoms with Crippen LogP contribution in [-0.4, -0.2) is 44.0 Å². The van der Waals surface area contributed by atoms with E-state index in [4.69, 9.17) is 21.8 Å². The van der Waals surface area contributed by atoms with Crippen LogP contribution in [0.2, 0.25) is 0 Å². The number of hydrazone groups is 1.